The molecule has 0 unspecified atom stereocenters. The summed E-state index contributed by atoms with van der Waals surface area (Å²) in [5.41, 5.74) is 7.37. The number of rotatable bonds is 4. The highest BCUT2D eigenvalue weighted by Gasteiger charge is 2.09. The third-order valence-electron chi connectivity index (χ3n) is 2.48. The first-order valence-electron chi connectivity index (χ1n) is 5.22. The lowest BCUT2D eigenvalue weighted by molar-refractivity contribution is 0.276. The Balaban J connectivity index is 0. The minimum atomic E-state index is 0. The zero-order valence-corrected chi connectivity index (χ0v) is 12.6. The van der Waals surface area contributed by atoms with Crippen LogP contribution in [0.2, 0.25) is 5.02 Å². The average Bonchev–Trinajstić information content (AvgIpc) is 2.58. The zero-order chi connectivity index (χ0) is 11.5. The van der Waals surface area contributed by atoms with Crippen LogP contribution >= 0.6 is 36.4 Å². The van der Waals surface area contributed by atoms with E-state index in [4.69, 9.17) is 22.4 Å². The summed E-state index contributed by atoms with van der Waals surface area (Å²) in [6, 6.07) is 5.55. The van der Waals surface area contributed by atoms with Gasteiger partial charge in [-0.2, -0.15) is 0 Å². The summed E-state index contributed by atoms with van der Waals surface area (Å²) < 4.78 is 1.97. The van der Waals surface area contributed by atoms with E-state index in [1.165, 1.54) is 0 Å². The second kappa shape index (κ2) is 9.36. The SMILES string of the molecule is Cl.Cl.NCCc1nc2ccc(Cl)cc2n1CCO.O. The normalized spacial score (nSPS) is 9.42. The predicted molar refractivity (Wildman–Crippen MR) is 82.7 cm³/mol. The fraction of sp³-hybridized carbons (Fsp3) is 0.364. The summed E-state index contributed by atoms with van der Waals surface area (Å²) >= 11 is 5.95. The van der Waals surface area contributed by atoms with E-state index in [0.29, 0.717) is 24.5 Å². The Morgan fingerprint density at radius 3 is 2.58 bits per heavy atom. The molecule has 2 aromatic rings. The molecule has 0 saturated carbocycles. The van der Waals surface area contributed by atoms with Crippen LogP contribution in [0.4, 0.5) is 0 Å². The number of nitrogens with two attached hydrogens (primary N) is 1. The van der Waals surface area contributed by atoms with Crippen LogP contribution in [0.15, 0.2) is 18.2 Å². The molecule has 8 heteroatoms. The maximum Gasteiger partial charge on any atom is 0.111 e. The van der Waals surface area contributed by atoms with Crippen molar-refractivity contribution in [3.05, 3.63) is 29.0 Å². The lowest BCUT2D eigenvalue weighted by atomic mass is 10.3. The van der Waals surface area contributed by atoms with E-state index in [2.05, 4.69) is 4.98 Å². The van der Waals surface area contributed by atoms with Gasteiger partial charge in [0.2, 0.25) is 0 Å². The number of aliphatic hydroxyl groups excluding tert-OH is 1. The van der Waals surface area contributed by atoms with Gasteiger partial charge in [0.15, 0.2) is 0 Å². The quantitative estimate of drug-likeness (QED) is 0.881. The van der Waals surface area contributed by atoms with Crippen LogP contribution in [-0.4, -0.2) is 33.3 Å². The predicted octanol–water partition coefficient (Wildman–Crippen LogP) is 1.20. The molecule has 1 aromatic carbocycles. The van der Waals surface area contributed by atoms with Crippen molar-refractivity contribution < 1.29 is 10.6 Å². The van der Waals surface area contributed by atoms with Gasteiger partial charge in [0.05, 0.1) is 17.6 Å². The maximum atomic E-state index is 9.05. The van der Waals surface area contributed by atoms with Crippen molar-refractivity contribution in [2.24, 2.45) is 5.73 Å². The summed E-state index contributed by atoms with van der Waals surface area (Å²) in [4.78, 5) is 4.48. The number of nitrogens with zero attached hydrogens (tertiary/aromatic N) is 2. The van der Waals surface area contributed by atoms with Crippen LogP contribution < -0.4 is 5.73 Å². The highest BCUT2D eigenvalue weighted by atomic mass is 35.5. The molecule has 1 heterocycles. The van der Waals surface area contributed by atoms with Gasteiger partial charge in [-0.15, -0.1) is 24.8 Å². The lowest BCUT2D eigenvalue weighted by Crippen LogP contribution is -2.11. The molecule has 110 valence electrons. The second-order valence-corrected chi connectivity index (χ2v) is 4.01. The smallest absolute Gasteiger partial charge is 0.111 e. The third-order valence-corrected chi connectivity index (χ3v) is 2.72. The van der Waals surface area contributed by atoms with Crippen molar-refractivity contribution in [1.29, 1.82) is 0 Å². The molecule has 0 saturated heterocycles. The maximum absolute atomic E-state index is 9.05. The van der Waals surface area contributed by atoms with Crippen molar-refractivity contribution in [2.45, 2.75) is 13.0 Å². The molecular formula is C11H18Cl3N3O2. The lowest BCUT2D eigenvalue weighted by Gasteiger charge is -2.06. The molecule has 2 rings (SSSR count). The fourth-order valence-electron chi connectivity index (χ4n) is 1.82. The molecule has 0 aliphatic rings. The van der Waals surface area contributed by atoms with Gasteiger partial charge in [-0.1, -0.05) is 11.6 Å². The summed E-state index contributed by atoms with van der Waals surface area (Å²) in [6.45, 7) is 1.14. The molecule has 5 N–H and O–H groups in total. The number of aromatic nitrogens is 2. The Morgan fingerprint density at radius 1 is 1.32 bits per heavy atom. The van der Waals surface area contributed by atoms with Gasteiger partial charge in [-0.25, -0.2) is 4.98 Å². The molecule has 1 aromatic heterocycles. The van der Waals surface area contributed by atoms with Crippen molar-refractivity contribution in [3.8, 4) is 0 Å². The highest BCUT2D eigenvalue weighted by Crippen LogP contribution is 2.20. The topological polar surface area (TPSA) is 95.6 Å². The van der Waals surface area contributed by atoms with E-state index in [1.807, 2.05) is 22.8 Å². The minimum absolute atomic E-state index is 0. The average molecular weight is 331 g/mol. The first-order chi connectivity index (χ1) is 7.76. The molecule has 0 aliphatic carbocycles. The van der Waals surface area contributed by atoms with E-state index in [-0.39, 0.29) is 36.9 Å². The molecule has 0 amide bonds. The van der Waals surface area contributed by atoms with Gasteiger partial charge >= 0.3 is 0 Å². The number of hydrogen-bond donors (Lipinski definition) is 2. The first kappa shape index (κ1) is 20.8. The minimum Gasteiger partial charge on any atom is -0.412 e. The van der Waals surface area contributed by atoms with Crippen LogP contribution in [0.1, 0.15) is 5.82 Å². The van der Waals surface area contributed by atoms with Crippen molar-refractivity contribution in [1.82, 2.24) is 9.55 Å². The highest BCUT2D eigenvalue weighted by molar-refractivity contribution is 6.31. The van der Waals surface area contributed by atoms with E-state index >= 15 is 0 Å². The largest absolute Gasteiger partial charge is 0.412 e. The molecule has 0 spiro atoms. The zero-order valence-electron chi connectivity index (χ0n) is 10.2. The van der Waals surface area contributed by atoms with Crippen LogP contribution in [0.5, 0.6) is 0 Å². The number of halogens is 3. The van der Waals surface area contributed by atoms with Gasteiger partial charge in [0.25, 0.3) is 0 Å². The monoisotopic (exact) mass is 329 g/mol. The first-order valence-corrected chi connectivity index (χ1v) is 5.59. The summed E-state index contributed by atoms with van der Waals surface area (Å²) in [7, 11) is 0. The van der Waals surface area contributed by atoms with E-state index in [1.54, 1.807) is 0 Å². The number of imidazole rings is 1. The third kappa shape index (κ3) is 4.49. The summed E-state index contributed by atoms with van der Waals surface area (Å²) in [5, 5.41) is 9.72. The molecule has 0 fully saturated rings. The Morgan fingerprint density at radius 2 is 2.00 bits per heavy atom. The van der Waals surface area contributed by atoms with E-state index in [0.717, 1.165) is 16.9 Å². The number of fused-ring (bicyclic) bond motifs is 1. The molecular weight excluding hydrogens is 312 g/mol. The van der Waals surface area contributed by atoms with Crippen LogP contribution in [0.25, 0.3) is 11.0 Å². The summed E-state index contributed by atoms with van der Waals surface area (Å²) in [5.74, 6) is 0.897. The Hall–Kier alpha value is -0.560. The number of benzene rings is 1. The Kier molecular flexibility index (Phi) is 10.2. The standard InChI is InChI=1S/C11H14ClN3O.2ClH.H2O/c12-8-1-2-9-10(7-8)15(5-6-16)11(14-9)3-4-13;;;/h1-2,7,16H,3-6,13H2;2*1H;1H2. The van der Waals surface area contributed by atoms with Gasteiger partial charge in [-0.3, -0.25) is 0 Å². The summed E-state index contributed by atoms with van der Waals surface area (Å²) in [6.07, 6.45) is 0.701. The molecule has 19 heavy (non-hydrogen) atoms. The fourth-order valence-corrected chi connectivity index (χ4v) is 1.98. The molecule has 0 bridgehead atoms. The van der Waals surface area contributed by atoms with E-state index in [9.17, 15) is 0 Å². The van der Waals surface area contributed by atoms with Crippen molar-refractivity contribution in [2.75, 3.05) is 13.2 Å². The molecule has 5 nitrogen and oxygen atoms in total. The van der Waals surface area contributed by atoms with E-state index < -0.39 is 0 Å². The Labute approximate surface area is 128 Å². The van der Waals surface area contributed by atoms with Gasteiger partial charge in [-0.05, 0) is 24.7 Å². The number of aliphatic hydroxyl groups is 1. The molecule has 0 atom stereocenters. The molecule has 0 aliphatic heterocycles. The van der Waals surface area contributed by atoms with Gasteiger partial charge in [0, 0.05) is 18.0 Å². The van der Waals surface area contributed by atoms with Crippen LogP contribution in [0.3, 0.4) is 0 Å². The van der Waals surface area contributed by atoms with Crippen LogP contribution in [-0.2, 0) is 13.0 Å². The van der Waals surface area contributed by atoms with Crippen molar-refractivity contribution >= 4 is 47.4 Å². The van der Waals surface area contributed by atoms with Gasteiger partial charge in [0.1, 0.15) is 5.82 Å². The second-order valence-electron chi connectivity index (χ2n) is 3.57. The Bertz CT molecular complexity index is 505. The van der Waals surface area contributed by atoms with Crippen LogP contribution in [0, 0.1) is 0 Å². The van der Waals surface area contributed by atoms with Gasteiger partial charge < -0.3 is 20.9 Å². The molecule has 0 radical (unpaired) electrons. The van der Waals surface area contributed by atoms with Crippen molar-refractivity contribution in [3.63, 3.8) is 0 Å². The number of hydrogen-bond acceptors (Lipinski definition) is 3.